The van der Waals surface area contributed by atoms with Crippen LogP contribution < -0.4 is 0 Å². The number of rotatable bonds is 1. The van der Waals surface area contributed by atoms with E-state index in [1.54, 1.807) is 24.3 Å². The third-order valence-electron chi connectivity index (χ3n) is 1.08. The van der Waals surface area contributed by atoms with Crippen molar-refractivity contribution < 1.29 is 3.07 Å². The summed E-state index contributed by atoms with van der Waals surface area (Å²) in [7, 11) is 0. The SMILES string of the molecule is N#Cc1ccccc1I=O. The highest BCUT2D eigenvalue weighted by Gasteiger charge is 1.96. The second kappa shape index (κ2) is 3.42. The monoisotopic (exact) mass is 245 g/mol. The zero-order valence-electron chi connectivity index (χ0n) is 5.04. The molecule has 1 aromatic carbocycles. The summed E-state index contributed by atoms with van der Waals surface area (Å²) in [5.74, 6) is 0. The summed E-state index contributed by atoms with van der Waals surface area (Å²) >= 11 is -1.19. The molecule has 0 aromatic heterocycles. The van der Waals surface area contributed by atoms with Crippen molar-refractivity contribution in [3.05, 3.63) is 33.4 Å². The molecule has 0 aliphatic carbocycles. The summed E-state index contributed by atoms with van der Waals surface area (Å²) < 4.78 is 11.2. The van der Waals surface area contributed by atoms with E-state index in [9.17, 15) is 3.07 Å². The smallest absolute Gasteiger partial charge is 0.183 e. The molecule has 1 aromatic rings. The van der Waals surface area contributed by atoms with Crippen molar-refractivity contribution in [2.45, 2.75) is 0 Å². The molecule has 0 amide bonds. The Morgan fingerprint density at radius 2 is 2.10 bits per heavy atom. The lowest BCUT2D eigenvalue weighted by Crippen LogP contribution is -1.77. The highest BCUT2D eigenvalue weighted by atomic mass is 127. The fourth-order valence-corrected chi connectivity index (χ4v) is 1.51. The maximum atomic E-state index is 10.5. The molecular weight excluding hydrogens is 241 g/mol. The second-order valence-electron chi connectivity index (χ2n) is 1.67. The lowest BCUT2D eigenvalue weighted by molar-refractivity contribution is 0.648. The fourth-order valence-electron chi connectivity index (χ4n) is 0.619. The molecule has 0 bridgehead atoms. The van der Waals surface area contributed by atoms with Gasteiger partial charge in [-0.2, -0.15) is 5.26 Å². The molecular formula is C7H4INO. The fraction of sp³-hybridized carbons (Fsp3) is 0. The number of nitrogens with zero attached hydrogens (tertiary/aromatic N) is 1. The Bertz CT molecular complexity index is 290. The van der Waals surface area contributed by atoms with Crippen LogP contribution in [0.1, 0.15) is 5.56 Å². The first-order valence-electron chi connectivity index (χ1n) is 2.64. The Labute approximate surface area is 69.1 Å². The van der Waals surface area contributed by atoms with E-state index >= 15 is 0 Å². The van der Waals surface area contributed by atoms with Crippen molar-refractivity contribution in [2.24, 2.45) is 0 Å². The molecule has 2 nitrogen and oxygen atoms in total. The van der Waals surface area contributed by atoms with Crippen LogP contribution in [0.4, 0.5) is 0 Å². The Hall–Kier alpha value is -0.760. The minimum Gasteiger partial charge on any atom is -0.265 e. The third kappa shape index (κ3) is 1.39. The first kappa shape index (κ1) is 7.35. The zero-order valence-corrected chi connectivity index (χ0v) is 7.20. The molecule has 3 heteroatoms. The van der Waals surface area contributed by atoms with Gasteiger partial charge in [0.1, 0.15) is 6.07 Å². The van der Waals surface area contributed by atoms with Crippen LogP contribution in [0, 0.1) is 14.9 Å². The van der Waals surface area contributed by atoms with Gasteiger partial charge < -0.3 is 0 Å². The van der Waals surface area contributed by atoms with Gasteiger partial charge >= 0.3 is 0 Å². The van der Waals surface area contributed by atoms with Crippen molar-refractivity contribution in [3.8, 4) is 6.07 Å². The van der Waals surface area contributed by atoms with E-state index in [2.05, 4.69) is 0 Å². The van der Waals surface area contributed by atoms with E-state index in [-0.39, 0.29) is 0 Å². The molecule has 0 atom stereocenters. The van der Waals surface area contributed by atoms with Gasteiger partial charge in [-0.3, -0.25) is 3.07 Å². The summed E-state index contributed by atoms with van der Waals surface area (Å²) in [6, 6.07) is 8.92. The van der Waals surface area contributed by atoms with Crippen LogP contribution in [0.25, 0.3) is 0 Å². The van der Waals surface area contributed by atoms with Crippen molar-refractivity contribution in [3.63, 3.8) is 0 Å². The Balaban J connectivity index is 3.24. The normalized spacial score (nSPS) is 8.70. The number of benzene rings is 1. The molecule has 0 saturated heterocycles. The predicted molar refractivity (Wildman–Crippen MR) is 44.6 cm³/mol. The number of hydrogen-bond acceptors (Lipinski definition) is 2. The molecule has 0 N–H and O–H groups in total. The molecule has 0 aliphatic heterocycles. The largest absolute Gasteiger partial charge is 0.265 e. The summed E-state index contributed by atoms with van der Waals surface area (Å²) in [5, 5.41) is 8.48. The van der Waals surface area contributed by atoms with Crippen LogP contribution >= 0.6 is 21.2 Å². The van der Waals surface area contributed by atoms with Gasteiger partial charge in [0.2, 0.25) is 0 Å². The highest BCUT2D eigenvalue weighted by Crippen LogP contribution is 2.13. The second-order valence-corrected chi connectivity index (χ2v) is 3.27. The standard InChI is InChI=1S/C7H4INO/c9-5-6-3-1-2-4-7(6)8-10/h1-4H. The average molecular weight is 245 g/mol. The van der Waals surface area contributed by atoms with Crippen LogP contribution in [-0.4, -0.2) is 0 Å². The number of hydrogen-bond donors (Lipinski definition) is 0. The summed E-state index contributed by atoms with van der Waals surface area (Å²) in [4.78, 5) is 0. The maximum absolute atomic E-state index is 10.5. The predicted octanol–water partition coefficient (Wildman–Crippen LogP) is 2.04. The van der Waals surface area contributed by atoms with Gasteiger partial charge in [0, 0.05) is 0 Å². The minimum absolute atomic E-state index is 0.533. The Kier molecular flexibility index (Phi) is 2.51. The number of halogens is 1. The Morgan fingerprint density at radius 3 is 2.60 bits per heavy atom. The molecule has 0 heterocycles. The first-order chi connectivity index (χ1) is 4.88. The first-order valence-corrected chi connectivity index (χ1v) is 4.60. The zero-order chi connectivity index (χ0) is 7.40. The molecule has 1 rings (SSSR count). The van der Waals surface area contributed by atoms with Crippen LogP contribution in [0.5, 0.6) is 0 Å². The van der Waals surface area contributed by atoms with E-state index in [0.717, 1.165) is 0 Å². The average Bonchev–Trinajstić information content (AvgIpc) is 2.04. The summed E-state index contributed by atoms with van der Waals surface area (Å²) in [6.07, 6.45) is 0. The molecule has 0 saturated carbocycles. The molecule has 50 valence electrons. The third-order valence-corrected chi connectivity index (χ3v) is 2.49. The molecule has 10 heavy (non-hydrogen) atoms. The van der Waals surface area contributed by atoms with Gasteiger partial charge in [-0.05, 0) is 12.1 Å². The van der Waals surface area contributed by atoms with Crippen LogP contribution in [0.15, 0.2) is 24.3 Å². The van der Waals surface area contributed by atoms with Crippen LogP contribution in [-0.2, 0) is 3.07 Å². The van der Waals surface area contributed by atoms with Gasteiger partial charge in [-0.25, -0.2) is 0 Å². The number of nitriles is 1. The quantitative estimate of drug-likeness (QED) is 0.710. The highest BCUT2D eigenvalue weighted by molar-refractivity contribution is 14.1. The van der Waals surface area contributed by atoms with Gasteiger partial charge in [-0.15, -0.1) is 0 Å². The van der Waals surface area contributed by atoms with Gasteiger partial charge in [0.25, 0.3) is 0 Å². The Morgan fingerprint density at radius 1 is 1.40 bits per heavy atom. The van der Waals surface area contributed by atoms with E-state index in [1.165, 1.54) is 0 Å². The molecule has 0 fully saturated rings. The lowest BCUT2D eigenvalue weighted by atomic mass is 10.2. The van der Waals surface area contributed by atoms with Crippen molar-refractivity contribution in [1.29, 1.82) is 5.26 Å². The van der Waals surface area contributed by atoms with Crippen molar-refractivity contribution >= 4 is 21.2 Å². The molecule has 0 radical (unpaired) electrons. The van der Waals surface area contributed by atoms with Gasteiger partial charge in [0.05, 0.1) is 9.13 Å². The minimum atomic E-state index is -1.19. The van der Waals surface area contributed by atoms with Gasteiger partial charge in [-0.1, -0.05) is 12.1 Å². The van der Waals surface area contributed by atoms with Crippen molar-refractivity contribution in [1.82, 2.24) is 0 Å². The van der Waals surface area contributed by atoms with E-state index in [4.69, 9.17) is 5.26 Å². The maximum Gasteiger partial charge on any atom is 0.183 e. The van der Waals surface area contributed by atoms with E-state index in [1.807, 2.05) is 6.07 Å². The molecule has 0 unspecified atom stereocenters. The van der Waals surface area contributed by atoms with Gasteiger partial charge in [0.15, 0.2) is 21.2 Å². The van der Waals surface area contributed by atoms with Crippen molar-refractivity contribution in [2.75, 3.05) is 0 Å². The van der Waals surface area contributed by atoms with E-state index in [0.29, 0.717) is 9.13 Å². The lowest BCUT2D eigenvalue weighted by Gasteiger charge is -1.88. The van der Waals surface area contributed by atoms with E-state index < -0.39 is 21.2 Å². The molecule has 0 aliphatic rings. The van der Waals surface area contributed by atoms with Crippen LogP contribution in [0.3, 0.4) is 0 Å². The topological polar surface area (TPSA) is 40.9 Å². The van der Waals surface area contributed by atoms with Crippen LogP contribution in [0.2, 0.25) is 0 Å². The summed E-state index contributed by atoms with van der Waals surface area (Å²) in [5.41, 5.74) is 0.533. The summed E-state index contributed by atoms with van der Waals surface area (Å²) in [6.45, 7) is 0. The molecule has 0 spiro atoms.